The normalized spacial score (nSPS) is 11.7. The SMILES string of the molecule is COc1cccc2oc(-c3nc4ccccc4c(=O)n3N=Cc3cc(C)n(-c4cc(C)cc(C)c4)c3C)cc12. The van der Waals surface area contributed by atoms with Crippen molar-refractivity contribution in [2.75, 3.05) is 7.11 Å². The molecule has 0 spiro atoms. The molecule has 0 amide bonds. The number of hydrogen-bond acceptors (Lipinski definition) is 5. The maximum absolute atomic E-state index is 13.7. The molecule has 6 rings (SSSR count). The Morgan fingerprint density at radius 2 is 1.67 bits per heavy atom. The summed E-state index contributed by atoms with van der Waals surface area (Å²) in [5, 5.41) is 5.95. The highest BCUT2D eigenvalue weighted by molar-refractivity contribution is 5.89. The molecular weight excluding hydrogens is 488 g/mol. The molecule has 0 fully saturated rings. The molecule has 0 aliphatic heterocycles. The van der Waals surface area contributed by atoms with Crippen LogP contribution in [0.1, 0.15) is 28.1 Å². The molecular formula is C32H28N4O3. The van der Waals surface area contributed by atoms with Crippen LogP contribution in [-0.4, -0.2) is 27.6 Å². The van der Waals surface area contributed by atoms with Crippen molar-refractivity contribution in [2.24, 2.45) is 5.10 Å². The molecule has 39 heavy (non-hydrogen) atoms. The highest BCUT2D eigenvalue weighted by Gasteiger charge is 2.18. The molecule has 0 aliphatic rings. The Bertz CT molecular complexity index is 1950. The zero-order valence-electron chi connectivity index (χ0n) is 22.5. The van der Waals surface area contributed by atoms with Crippen molar-refractivity contribution < 1.29 is 9.15 Å². The van der Waals surface area contributed by atoms with E-state index < -0.39 is 0 Å². The molecule has 0 bridgehead atoms. The number of para-hydroxylation sites is 1. The number of hydrogen-bond donors (Lipinski definition) is 0. The second-order valence-electron chi connectivity index (χ2n) is 9.80. The molecule has 0 saturated heterocycles. The van der Waals surface area contributed by atoms with Gasteiger partial charge in [0.15, 0.2) is 5.76 Å². The maximum Gasteiger partial charge on any atom is 0.282 e. The minimum absolute atomic E-state index is 0.276. The van der Waals surface area contributed by atoms with E-state index >= 15 is 0 Å². The molecule has 0 radical (unpaired) electrons. The average Bonchev–Trinajstić information content (AvgIpc) is 3.47. The number of methoxy groups -OCH3 is 1. The van der Waals surface area contributed by atoms with Gasteiger partial charge in [0.1, 0.15) is 11.3 Å². The number of fused-ring (bicyclic) bond motifs is 2. The molecule has 0 atom stereocenters. The zero-order valence-corrected chi connectivity index (χ0v) is 22.5. The van der Waals surface area contributed by atoms with E-state index in [4.69, 9.17) is 14.1 Å². The topological polar surface area (TPSA) is 74.6 Å². The highest BCUT2D eigenvalue weighted by Crippen LogP contribution is 2.33. The molecule has 3 aromatic carbocycles. The van der Waals surface area contributed by atoms with Gasteiger partial charge in [-0.3, -0.25) is 4.79 Å². The van der Waals surface area contributed by atoms with Crippen LogP contribution in [0.5, 0.6) is 5.75 Å². The lowest BCUT2D eigenvalue weighted by Gasteiger charge is -2.12. The van der Waals surface area contributed by atoms with E-state index in [2.05, 4.69) is 61.6 Å². The Labute approximate surface area is 225 Å². The molecule has 6 aromatic rings. The minimum atomic E-state index is -0.276. The summed E-state index contributed by atoms with van der Waals surface area (Å²) in [5.41, 5.74) is 7.45. The van der Waals surface area contributed by atoms with Crippen LogP contribution < -0.4 is 10.3 Å². The van der Waals surface area contributed by atoms with Crippen LogP contribution in [-0.2, 0) is 0 Å². The van der Waals surface area contributed by atoms with Gasteiger partial charge in [0, 0.05) is 22.6 Å². The van der Waals surface area contributed by atoms with Crippen LogP contribution in [0.4, 0.5) is 0 Å². The molecule has 0 unspecified atom stereocenters. The third kappa shape index (κ3) is 4.22. The number of aryl methyl sites for hydroxylation is 3. The molecule has 0 N–H and O–H groups in total. The summed E-state index contributed by atoms with van der Waals surface area (Å²) < 4.78 is 15.2. The molecule has 7 nitrogen and oxygen atoms in total. The molecule has 194 valence electrons. The predicted octanol–water partition coefficient (Wildman–Crippen LogP) is 6.72. The summed E-state index contributed by atoms with van der Waals surface area (Å²) in [6.45, 7) is 8.32. The smallest absolute Gasteiger partial charge is 0.282 e. The van der Waals surface area contributed by atoms with Crippen molar-refractivity contribution in [3.8, 4) is 23.0 Å². The monoisotopic (exact) mass is 516 g/mol. The standard InChI is InChI=1S/C32H28N4O3/c1-19-13-20(2)15-24(14-19)35-21(3)16-23(22(35)4)18-33-36-31(34-27-10-7-6-9-25(27)32(36)37)30-17-26-28(38-5)11-8-12-29(26)39-30/h6-18H,1-5H3. The summed E-state index contributed by atoms with van der Waals surface area (Å²) in [5.74, 6) is 1.42. The highest BCUT2D eigenvalue weighted by atomic mass is 16.5. The quantitative estimate of drug-likeness (QED) is 0.238. The third-order valence-corrected chi connectivity index (χ3v) is 6.96. The van der Waals surface area contributed by atoms with Gasteiger partial charge in [-0.25, -0.2) is 4.98 Å². The second-order valence-corrected chi connectivity index (χ2v) is 9.80. The summed E-state index contributed by atoms with van der Waals surface area (Å²) in [6.07, 6.45) is 1.71. The average molecular weight is 517 g/mol. The Hall–Kier alpha value is -4.91. The van der Waals surface area contributed by atoms with E-state index in [0.717, 1.165) is 28.0 Å². The first kappa shape index (κ1) is 24.4. The van der Waals surface area contributed by atoms with Gasteiger partial charge >= 0.3 is 0 Å². The van der Waals surface area contributed by atoms with E-state index in [-0.39, 0.29) is 5.56 Å². The number of aromatic nitrogens is 3. The molecule has 7 heteroatoms. The van der Waals surface area contributed by atoms with Gasteiger partial charge in [0.25, 0.3) is 5.56 Å². The number of nitrogens with zero attached hydrogens (tertiary/aromatic N) is 4. The van der Waals surface area contributed by atoms with Crippen molar-refractivity contribution in [2.45, 2.75) is 27.7 Å². The first-order valence-electron chi connectivity index (χ1n) is 12.7. The first-order valence-corrected chi connectivity index (χ1v) is 12.7. The zero-order chi connectivity index (χ0) is 27.3. The lowest BCUT2D eigenvalue weighted by molar-refractivity contribution is 0.419. The van der Waals surface area contributed by atoms with Gasteiger partial charge < -0.3 is 13.7 Å². The minimum Gasteiger partial charge on any atom is -0.496 e. The van der Waals surface area contributed by atoms with Crippen LogP contribution in [0.15, 0.2) is 87.1 Å². The Balaban J connectivity index is 1.52. The van der Waals surface area contributed by atoms with Crippen molar-refractivity contribution in [3.05, 3.63) is 111 Å². The predicted molar refractivity (Wildman–Crippen MR) is 155 cm³/mol. The van der Waals surface area contributed by atoms with E-state index in [0.29, 0.717) is 33.8 Å². The molecule has 0 saturated carbocycles. The lowest BCUT2D eigenvalue weighted by atomic mass is 10.1. The van der Waals surface area contributed by atoms with Crippen LogP contribution in [0.3, 0.4) is 0 Å². The maximum atomic E-state index is 13.7. The summed E-state index contributed by atoms with van der Waals surface area (Å²) >= 11 is 0. The Morgan fingerprint density at radius 3 is 2.44 bits per heavy atom. The summed E-state index contributed by atoms with van der Waals surface area (Å²) in [4.78, 5) is 18.5. The van der Waals surface area contributed by atoms with E-state index in [1.807, 2.05) is 42.5 Å². The first-order chi connectivity index (χ1) is 18.8. The van der Waals surface area contributed by atoms with Crippen molar-refractivity contribution >= 4 is 28.1 Å². The lowest BCUT2D eigenvalue weighted by Crippen LogP contribution is -2.20. The van der Waals surface area contributed by atoms with Crippen LogP contribution >= 0.6 is 0 Å². The van der Waals surface area contributed by atoms with Gasteiger partial charge in [0.05, 0.1) is 29.6 Å². The van der Waals surface area contributed by atoms with Gasteiger partial charge in [-0.05, 0) is 87.4 Å². The number of benzene rings is 3. The Kier molecular flexibility index (Phi) is 5.91. The molecule has 3 aromatic heterocycles. The molecule has 3 heterocycles. The Morgan fingerprint density at radius 1 is 0.897 bits per heavy atom. The summed E-state index contributed by atoms with van der Waals surface area (Å²) in [7, 11) is 1.62. The fraction of sp³-hybridized carbons (Fsp3) is 0.156. The fourth-order valence-electron chi connectivity index (χ4n) is 5.23. The van der Waals surface area contributed by atoms with Crippen LogP contribution in [0.25, 0.3) is 39.1 Å². The number of furan rings is 1. The summed E-state index contributed by atoms with van der Waals surface area (Å²) in [6, 6.07) is 23.2. The van der Waals surface area contributed by atoms with Gasteiger partial charge in [0.2, 0.25) is 5.82 Å². The number of ether oxygens (including phenoxy) is 1. The van der Waals surface area contributed by atoms with E-state index in [1.165, 1.54) is 15.8 Å². The van der Waals surface area contributed by atoms with Crippen LogP contribution in [0, 0.1) is 27.7 Å². The van der Waals surface area contributed by atoms with Crippen molar-refractivity contribution in [1.82, 2.24) is 14.2 Å². The van der Waals surface area contributed by atoms with Crippen LogP contribution in [0.2, 0.25) is 0 Å². The third-order valence-electron chi connectivity index (χ3n) is 6.96. The van der Waals surface area contributed by atoms with E-state index in [9.17, 15) is 4.79 Å². The number of rotatable bonds is 5. The largest absolute Gasteiger partial charge is 0.496 e. The van der Waals surface area contributed by atoms with Crippen molar-refractivity contribution in [3.63, 3.8) is 0 Å². The van der Waals surface area contributed by atoms with Gasteiger partial charge in [-0.15, -0.1) is 0 Å². The second kappa shape index (κ2) is 9.44. The van der Waals surface area contributed by atoms with Crippen molar-refractivity contribution in [1.29, 1.82) is 0 Å². The van der Waals surface area contributed by atoms with Gasteiger partial charge in [-0.1, -0.05) is 24.3 Å². The van der Waals surface area contributed by atoms with E-state index in [1.54, 1.807) is 19.4 Å². The van der Waals surface area contributed by atoms with Gasteiger partial charge in [-0.2, -0.15) is 9.78 Å². The molecule has 0 aliphatic carbocycles. The fourth-order valence-corrected chi connectivity index (χ4v) is 5.23.